The number of hydrogen-bond acceptors (Lipinski definition) is 4. The summed E-state index contributed by atoms with van der Waals surface area (Å²) in [4.78, 5) is 0. The maximum Gasteiger partial charge on any atom is 0.122 e. The molecule has 0 saturated heterocycles. The molecular formula is C14H20O4. The second-order valence-electron chi connectivity index (χ2n) is 4.38. The molecule has 4 heteroatoms. The first-order valence-electron chi connectivity index (χ1n) is 6.31. The normalized spacial score (nSPS) is 15.2. The Morgan fingerprint density at radius 1 is 1.33 bits per heavy atom. The summed E-state index contributed by atoms with van der Waals surface area (Å²) < 4.78 is 15.7. The van der Waals surface area contributed by atoms with Gasteiger partial charge in [0.05, 0.1) is 25.9 Å². The average molecular weight is 252 g/mol. The minimum absolute atomic E-state index is 0.474. The van der Waals surface area contributed by atoms with Crippen LogP contribution in [-0.4, -0.2) is 38.6 Å². The highest BCUT2D eigenvalue weighted by Crippen LogP contribution is 2.28. The third kappa shape index (κ3) is 3.45. The van der Waals surface area contributed by atoms with Crippen molar-refractivity contribution >= 4 is 0 Å². The Balaban J connectivity index is 1.80. The third-order valence-corrected chi connectivity index (χ3v) is 3.07. The van der Waals surface area contributed by atoms with E-state index in [-0.39, 0.29) is 0 Å². The van der Waals surface area contributed by atoms with Gasteiger partial charge in [-0.3, -0.25) is 0 Å². The van der Waals surface area contributed by atoms with Crippen LogP contribution < -0.4 is 4.74 Å². The van der Waals surface area contributed by atoms with Gasteiger partial charge in [-0.05, 0) is 23.3 Å². The molecule has 0 aromatic heterocycles. The Morgan fingerprint density at radius 3 is 3.06 bits per heavy atom. The first kappa shape index (κ1) is 13.3. The first-order chi connectivity index (χ1) is 8.81. The first-order valence-corrected chi connectivity index (χ1v) is 6.31. The molecule has 0 bridgehead atoms. The summed E-state index contributed by atoms with van der Waals surface area (Å²) in [5.41, 5.74) is 2.13. The molecule has 100 valence electrons. The van der Waals surface area contributed by atoms with Crippen LogP contribution in [-0.2, 0) is 15.9 Å². The van der Waals surface area contributed by atoms with Gasteiger partial charge >= 0.3 is 0 Å². The molecule has 1 heterocycles. The molecule has 1 atom stereocenters. The van der Waals surface area contributed by atoms with Crippen molar-refractivity contribution in [2.24, 2.45) is 0 Å². The molecule has 1 unspecified atom stereocenters. The predicted molar refractivity (Wildman–Crippen MR) is 67.9 cm³/mol. The van der Waals surface area contributed by atoms with E-state index in [1.807, 2.05) is 18.2 Å². The van der Waals surface area contributed by atoms with Crippen molar-refractivity contribution in [1.82, 2.24) is 0 Å². The van der Waals surface area contributed by atoms with Gasteiger partial charge in [-0.25, -0.2) is 0 Å². The Kier molecular flexibility index (Phi) is 4.99. The molecule has 1 aliphatic heterocycles. The molecule has 0 amide bonds. The number of fused-ring (bicyclic) bond motifs is 1. The van der Waals surface area contributed by atoms with E-state index in [4.69, 9.17) is 14.2 Å². The molecule has 0 radical (unpaired) electrons. The van der Waals surface area contributed by atoms with Crippen molar-refractivity contribution in [2.75, 3.05) is 33.5 Å². The standard InChI is InChI=1S/C14H20O4/c1-16-8-9-17-6-5-13(15)11-2-3-14-12(10-11)4-7-18-14/h2-3,10,13,15H,4-9H2,1H3. The second kappa shape index (κ2) is 6.73. The summed E-state index contributed by atoms with van der Waals surface area (Å²) >= 11 is 0. The zero-order chi connectivity index (χ0) is 12.8. The van der Waals surface area contributed by atoms with Gasteiger partial charge in [0, 0.05) is 26.6 Å². The van der Waals surface area contributed by atoms with E-state index in [0.29, 0.717) is 26.2 Å². The van der Waals surface area contributed by atoms with E-state index < -0.39 is 6.10 Å². The largest absolute Gasteiger partial charge is 0.493 e. The Morgan fingerprint density at radius 2 is 2.22 bits per heavy atom. The summed E-state index contributed by atoms with van der Waals surface area (Å²) in [5, 5.41) is 10.1. The number of methoxy groups -OCH3 is 1. The van der Waals surface area contributed by atoms with Gasteiger partial charge in [-0.1, -0.05) is 6.07 Å². The van der Waals surface area contributed by atoms with Crippen molar-refractivity contribution in [3.8, 4) is 5.75 Å². The molecule has 4 nitrogen and oxygen atoms in total. The number of benzene rings is 1. The second-order valence-corrected chi connectivity index (χ2v) is 4.38. The number of ether oxygens (including phenoxy) is 3. The van der Waals surface area contributed by atoms with Crippen LogP contribution in [0.2, 0.25) is 0 Å². The molecule has 0 saturated carbocycles. The fourth-order valence-electron chi connectivity index (χ4n) is 2.02. The molecule has 0 aliphatic carbocycles. The van der Waals surface area contributed by atoms with Crippen LogP contribution in [0.25, 0.3) is 0 Å². The van der Waals surface area contributed by atoms with Gasteiger partial charge in [0.2, 0.25) is 0 Å². The number of hydrogen-bond donors (Lipinski definition) is 1. The molecule has 18 heavy (non-hydrogen) atoms. The van der Waals surface area contributed by atoms with Gasteiger partial charge in [0.1, 0.15) is 5.75 Å². The maximum atomic E-state index is 10.1. The summed E-state index contributed by atoms with van der Waals surface area (Å²) in [7, 11) is 1.64. The lowest BCUT2D eigenvalue weighted by atomic mass is 10.0. The van der Waals surface area contributed by atoms with Gasteiger partial charge in [0.15, 0.2) is 0 Å². The molecule has 0 spiro atoms. The highest BCUT2D eigenvalue weighted by molar-refractivity contribution is 5.40. The molecule has 1 N–H and O–H groups in total. The van der Waals surface area contributed by atoms with E-state index in [9.17, 15) is 5.11 Å². The van der Waals surface area contributed by atoms with Gasteiger partial charge in [-0.2, -0.15) is 0 Å². The van der Waals surface area contributed by atoms with Crippen molar-refractivity contribution < 1.29 is 19.3 Å². The van der Waals surface area contributed by atoms with Crippen LogP contribution >= 0.6 is 0 Å². The number of rotatable bonds is 7. The SMILES string of the molecule is COCCOCCC(O)c1ccc2c(c1)CCO2. The van der Waals surface area contributed by atoms with Crippen LogP contribution in [0.3, 0.4) is 0 Å². The van der Waals surface area contributed by atoms with Gasteiger partial charge < -0.3 is 19.3 Å². The van der Waals surface area contributed by atoms with Gasteiger partial charge in [0.25, 0.3) is 0 Å². The van der Waals surface area contributed by atoms with E-state index in [1.54, 1.807) is 7.11 Å². The topological polar surface area (TPSA) is 47.9 Å². The highest BCUT2D eigenvalue weighted by Gasteiger charge is 2.15. The zero-order valence-electron chi connectivity index (χ0n) is 10.7. The van der Waals surface area contributed by atoms with Gasteiger partial charge in [-0.15, -0.1) is 0 Å². The lowest BCUT2D eigenvalue weighted by molar-refractivity contribution is 0.0475. The van der Waals surface area contributed by atoms with E-state index in [2.05, 4.69) is 0 Å². The molecule has 1 aromatic carbocycles. The molecule has 2 rings (SSSR count). The fraction of sp³-hybridized carbons (Fsp3) is 0.571. The summed E-state index contributed by atoms with van der Waals surface area (Å²) in [6.07, 6.45) is 1.06. The number of aliphatic hydroxyl groups excluding tert-OH is 1. The van der Waals surface area contributed by atoms with Crippen molar-refractivity contribution in [3.63, 3.8) is 0 Å². The molecule has 1 aromatic rings. The predicted octanol–water partition coefficient (Wildman–Crippen LogP) is 1.71. The molecular weight excluding hydrogens is 232 g/mol. The smallest absolute Gasteiger partial charge is 0.122 e. The van der Waals surface area contributed by atoms with Crippen LogP contribution in [0.4, 0.5) is 0 Å². The Bertz CT molecular complexity index is 378. The quantitative estimate of drug-likeness (QED) is 0.750. The lowest BCUT2D eigenvalue weighted by Crippen LogP contribution is -2.07. The lowest BCUT2D eigenvalue weighted by Gasteiger charge is -2.12. The fourth-order valence-corrected chi connectivity index (χ4v) is 2.02. The van der Waals surface area contributed by atoms with Crippen molar-refractivity contribution in [2.45, 2.75) is 18.9 Å². The van der Waals surface area contributed by atoms with E-state index in [0.717, 1.165) is 24.3 Å². The Hall–Kier alpha value is -1.10. The minimum Gasteiger partial charge on any atom is -0.493 e. The summed E-state index contributed by atoms with van der Waals surface area (Å²) in [5.74, 6) is 0.947. The van der Waals surface area contributed by atoms with Crippen molar-refractivity contribution in [3.05, 3.63) is 29.3 Å². The van der Waals surface area contributed by atoms with E-state index >= 15 is 0 Å². The number of aliphatic hydroxyl groups is 1. The third-order valence-electron chi connectivity index (χ3n) is 3.07. The zero-order valence-corrected chi connectivity index (χ0v) is 10.7. The average Bonchev–Trinajstić information content (AvgIpc) is 2.85. The van der Waals surface area contributed by atoms with Crippen LogP contribution in [0.5, 0.6) is 5.75 Å². The minimum atomic E-state index is -0.474. The van der Waals surface area contributed by atoms with Crippen LogP contribution in [0, 0.1) is 0 Å². The summed E-state index contributed by atoms with van der Waals surface area (Å²) in [6, 6.07) is 5.89. The van der Waals surface area contributed by atoms with Crippen molar-refractivity contribution in [1.29, 1.82) is 0 Å². The molecule has 1 aliphatic rings. The summed E-state index contributed by atoms with van der Waals surface area (Å²) in [6.45, 7) is 2.45. The van der Waals surface area contributed by atoms with E-state index in [1.165, 1.54) is 5.56 Å². The maximum absolute atomic E-state index is 10.1. The van der Waals surface area contributed by atoms with Crippen LogP contribution in [0.1, 0.15) is 23.7 Å². The highest BCUT2D eigenvalue weighted by atomic mass is 16.5. The Labute approximate surface area is 107 Å². The molecule has 0 fully saturated rings. The monoisotopic (exact) mass is 252 g/mol. The van der Waals surface area contributed by atoms with Crippen LogP contribution in [0.15, 0.2) is 18.2 Å².